The molecular formula is C18H20FNO2S. The van der Waals surface area contributed by atoms with E-state index in [9.17, 15) is 12.8 Å². The van der Waals surface area contributed by atoms with Crippen molar-refractivity contribution in [3.63, 3.8) is 0 Å². The maximum Gasteiger partial charge on any atom is 0.194 e. The molecule has 1 heterocycles. The molecule has 2 aromatic rings. The van der Waals surface area contributed by atoms with E-state index in [4.69, 9.17) is 0 Å². The van der Waals surface area contributed by atoms with Crippen LogP contribution in [-0.2, 0) is 16.3 Å². The van der Waals surface area contributed by atoms with Gasteiger partial charge in [-0.05, 0) is 54.8 Å². The van der Waals surface area contributed by atoms with Gasteiger partial charge in [-0.2, -0.15) is 0 Å². The molecule has 0 aromatic heterocycles. The molecular weight excluding hydrogens is 313 g/mol. The van der Waals surface area contributed by atoms with Crippen LogP contribution in [0.15, 0.2) is 53.4 Å². The van der Waals surface area contributed by atoms with Gasteiger partial charge in [-0.3, -0.25) is 0 Å². The summed E-state index contributed by atoms with van der Waals surface area (Å²) in [6, 6.07) is 13.2. The molecule has 3 rings (SSSR count). The van der Waals surface area contributed by atoms with Crippen LogP contribution in [0.5, 0.6) is 0 Å². The first-order chi connectivity index (χ1) is 11.0. The molecule has 0 amide bonds. The SMILES string of the molecule is CCc1ccc(S(=O)(=O)C2NCCC2c2ccc(F)cc2)cc1. The highest BCUT2D eigenvalue weighted by atomic mass is 32.2. The van der Waals surface area contributed by atoms with Gasteiger partial charge in [-0.15, -0.1) is 0 Å². The molecule has 0 spiro atoms. The van der Waals surface area contributed by atoms with Gasteiger partial charge in [0.1, 0.15) is 11.2 Å². The van der Waals surface area contributed by atoms with Crippen molar-refractivity contribution in [3.05, 3.63) is 65.5 Å². The number of hydrogen-bond donors (Lipinski definition) is 1. The van der Waals surface area contributed by atoms with Crippen LogP contribution in [0.3, 0.4) is 0 Å². The monoisotopic (exact) mass is 333 g/mol. The Balaban J connectivity index is 1.92. The first-order valence-electron chi connectivity index (χ1n) is 7.84. The summed E-state index contributed by atoms with van der Waals surface area (Å²) in [4.78, 5) is 0.334. The van der Waals surface area contributed by atoms with E-state index in [2.05, 4.69) is 5.32 Å². The maximum absolute atomic E-state index is 13.1. The Labute approximate surface area is 136 Å². The zero-order chi connectivity index (χ0) is 16.4. The highest BCUT2D eigenvalue weighted by molar-refractivity contribution is 7.92. The smallest absolute Gasteiger partial charge is 0.194 e. The van der Waals surface area contributed by atoms with Crippen LogP contribution in [0.1, 0.15) is 30.4 Å². The van der Waals surface area contributed by atoms with Crippen LogP contribution in [0.2, 0.25) is 0 Å². The van der Waals surface area contributed by atoms with E-state index in [0.29, 0.717) is 11.4 Å². The molecule has 0 saturated carbocycles. The molecule has 1 aliphatic rings. The number of halogens is 1. The third-order valence-electron chi connectivity index (χ3n) is 4.46. The number of nitrogens with one attached hydrogen (secondary N) is 1. The Morgan fingerprint density at radius 1 is 1.09 bits per heavy atom. The van der Waals surface area contributed by atoms with Gasteiger partial charge in [0.05, 0.1) is 4.90 Å². The molecule has 23 heavy (non-hydrogen) atoms. The van der Waals surface area contributed by atoms with Crippen molar-refractivity contribution in [3.8, 4) is 0 Å². The first-order valence-corrected chi connectivity index (χ1v) is 9.38. The molecule has 2 unspecified atom stereocenters. The van der Waals surface area contributed by atoms with Gasteiger partial charge in [-0.1, -0.05) is 31.2 Å². The van der Waals surface area contributed by atoms with Crippen LogP contribution in [-0.4, -0.2) is 20.3 Å². The molecule has 1 N–H and O–H groups in total. The van der Waals surface area contributed by atoms with E-state index >= 15 is 0 Å². The van der Waals surface area contributed by atoms with Crippen LogP contribution in [0, 0.1) is 5.82 Å². The van der Waals surface area contributed by atoms with Crippen molar-refractivity contribution in [2.24, 2.45) is 0 Å². The van der Waals surface area contributed by atoms with Gasteiger partial charge >= 0.3 is 0 Å². The van der Waals surface area contributed by atoms with E-state index in [1.165, 1.54) is 12.1 Å². The Morgan fingerprint density at radius 3 is 2.35 bits per heavy atom. The summed E-state index contributed by atoms with van der Waals surface area (Å²) in [7, 11) is -3.48. The maximum atomic E-state index is 13.1. The van der Waals surface area contributed by atoms with Crippen LogP contribution in [0.4, 0.5) is 4.39 Å². The highest BCUT2D eigenvalue weighted by Crippen LogP contribution is 2.33. The molecule has 1 saturated heterocycles. The topological polar surface area (TPSA) is 46.2 Å². The largest absolute Gasteiger partial charge is 0.300 e. The molecule has 0 radical (unpaired) electrons. The summed E-state index contributed by atoms with van der Waals surface area (Å²) in [6.07, 6.45) is 1.60. The lowest BCUT2D eigenvalue weighted by Gasteiger charge is -2.20. The second-order valence-electron chi connectivity index (χ2n) is 5.86. The normalized spacial score (nSPS) is 21.5. The van der Waals surface area contributed by atoms with Gasteiger partial charge in [0, 0.05) is 5.92 Å². The summed E-state index contributed by atoms with van der Waals surface area (Å²) in [5.74, 6) is -0.472. The number of sulfone groups is 1. The van der Waals surface area contributed by atoms with Gasteiger partial charge in [0.25, 0.3) is 0 Å². The van der Waals surface area contributed by atoms with Crippen LogP contribution >= 0.6 is 0 Å². The van der Waals surface area contributed by atoms with Crippen molar-refractivity contribution in [1.82, 2.24) is 5.32 Å². The molecule has 0 aliphatic carbocycles. The predicted octanol–water partition coefficient (Wildman–Crippen LogP) is 3.27. The average molecular weight is 333 g/mol. The van der Waals surface area contributed by atoms with Gasteiger partial charge in [0.2, 0.25) is 0 Å². The number of hydrogen-bond acceptors (Lipinski definition) is 3. The lowest BCUT2D eigenvalue weighted by molar-refractivity contribution is 0.558. The minimum absolute atomic E-state index is 0.161. The lowest BCUT2D eigenvalue weighted by atomic mass is 9.98. The van der Waals surface area contributed by atoms with E-state index in [1.54, 1.807) is 24.3 Å². The molecule has 1 fully saturated rings. The fourth-order valence-electron chi connectivity index (χ4n) is 3.11. The Morgan fingerprint density at radius 2 is 1.74 bits per heavy atom. The zero-order valence-electron chi connectivity index (χ0n) is 13.0. The lowest BCUT2D eigenvalue weighted by Crippen LogP contribution is -2.34. The summed E-state index contributed by atoms with van der Waals surface area (Å²) in [5.41, 5.74) is 1.97. The van der Waals surface area contributed by atoms with E-state index in [1.807, 2.05) is 19.1 Å². The van der Waals surface area contributed by atoms with Gasteiger partial charge < -0.3 is 5.32 Å². The van der Waals surface area contributed by atoms with Crippen LogP contribution in [0.25, 0.3) is 0 Å². The Kier molecular flexibility index (Phi) is 4.50. The molecule has 1 aliphatic heterocycles. The van der Waals surface area contributed by atoms with E-state index < -0.39 is 15.2 Å². The third kappa shape index (κ3) is 3.16. The van der Waals surface area contributed by atoms with Crippen molar-refractivity contribution >= 4 is 9.84 Å². The van der Waals surface area contributed by atoms with E-state index in [-0.39, 0.29) is 11.7 Å². The summed E-state index contributed by atoms with van der Waals surface area (Å²) in [5, 5.41) is 2.44. The quantitative estimate of drug-likeness (QED) is 0.934. The molecule has 2 aromatic carbocycles. The van der Waals surface area contributed by atoms with Crippen molar-refractivity contribution < 1.29 is 12.8 Å². The summed E-state index contributed by atoms with van der Waals surface area (Å²) >= 11 is 0. The van der Waals surface area contributed by atoms with Gasteiger partial charge in [0.15, 0.2) is 9.84 Å². The average Bonchev–Trinajstić information content (AvgIpc) is 3.06. The fraction of sp³-hybridized carbons (Fsp3) is 0.333. The fourth-order valence-corrected chi connectivity index (χ4v) is 4.99. The van der Waals surface area contributed by atoms with Crippen molar-refractivity contribution in [2.75, 3.05) is 6.54 Å². The Bertz CT molecular complexity index is 770. The van der Waals surface area contributed by atoms with E-state index in [0.717, 1.165) is 24.0 Å². The number of aryl methyl sites for hydroxylation is 1. The minimum atomic E-state index is -3.48. The van der Waals surface area contributed by atoms with Crippen LogP contribution < -0.4 is 5.32 Å². The second-order valence-corrected chi connectivity index (χ2v) is 7.93. The molecule has 5 heteroatoms. The van der Waals surface area contributed by atoms with Crippen molar-refractivity contribution in [1.29, 1.82) is 0 Å². The number of rotatable bonds is 4. The third-order valence-corrected chi connectivity index (χ3v) is 6.55. The summed E-state index contributed by atoms with van der Waals surface area (Å²) in [6.45, 7) is 2.67. The first kappa shape index (κ1) is 16.1. The molecule has 2 atom stereocenters. The standard InChI is InChI=1S/C18H20FNO2S/c1-2-13-3-9-16(10-4-13)23(21,22)18-17(11-12-20-18)14-5-7-15(19)8-6-14/h3-10,17-18,20H,2,11-12H2,1H3. The number of benzene rings is 2. The summed E-state index contributed by atoms with van der Waals surface area (Å²) < 4.78 is 39.0. The predicted molar refractivity (Wildman–Crippen MR) is 88.6 cm³/mol. The minimum Gasteiger partial charge on any atom is -0.300 e. The second kappa shape index (κ2) is 6.42. The molecule has 0 bridgehead atoms. The molecule has 122 valence electrons. The Hall–Kier alpha value is -1.72. The molecule has 3 nitrogen and oxygen atoms in total. The van der Waals surface area contributed by atoms with Crippen molar-refractivity contribution in [2.45, 2.75) is 36.0 Å². The zero-order valence-corrected chi connectivity index (χ0v) is 13.8. The van der Waals surface area contributed by atoms with Gasteiger partial charge in [-0.25, -0.2) is 12.8 Å². The highest BCUT2D eigenvalue weighted by Gasteiger charge is 2.38.